The summed E-state index contributed by atoms with van der Waals surface area (Å²) in [5.74, 6) is 0.859. The zero-order valence-corrected chi connectivity index (χ0v) is 12.5. The van der Waals surface area contributed by atoms with Crippen molar-refractivity contribution in [3.05, 3.63) is 29.0 Å². The number of rotatable bonds is 2. The van der Waals surface area contributed by atoms with Crippen molar-refractivity contribution in [2.75, 3.05) is 13.2 Å². The van der Waals surface area contributed by atoms with Gasteiger partial charge in [-0.25, -0.2) is 4.98 Å². The molecule has 0 saturated carbocycles. The highest BCUT2D eigenvalue weighted by atomic mass is 35.5. The molecule has 1 fully saturated rings. The molecule has 5 heteroatoms. The van der Waals surface area contributed by atoms with Crippen LogP contribution in [0.15, 0.2) is 18.2 Å². The topological polar surface area (TPSA) is 27.1 Å². The van der Waals surface area contributed by atoms with Gasteiger partial charge in [-0.15, -0.1) is 11.6 Å². The van der Waals surface area contributed by atoms with Crippen LogP contribution in [0.1, 0.15) is 31.5 Å². The molecular weight excluding hydrogens is 283 g/mol. The monoisotopic (exact) mass is 298 g/mol. The summed E-state index contributed by atoms with van der Waals surface area (Å²) in [6.07, 6.45) is 0.945. The molecule has 3 rings (SSSR count). The van der Waals surface area contributed by atoms with E-state index < -0.39 is 0 Å². The zero-order chi connectivity index (χ0) is 13.6. The molecule has 0 aliphatic carbocycles. The lowest BCUT2D eigenvalue weighted by Crippen LogP contribution is -2.32. The van der Waals surface area contributed by atoms with Crippen molar-refractivity contribution in [3.63, 3.8) is 0 Å². The van der Waals surface area contributed by atoms with Crippen LogP contribution in [0.5, 0.6) is 0 Å². The van der Waals surface area contributed by atoms with Gasteiger partial charge in [0.05, 0.1) is 33.6 Å². The minimum Gasteiger partial charge on any atom is -0.379 e. The second-order valence-corrected chi connectivity index (χ2v) is 6.39. The molecule has 0 N–H and O–H groups in total. The summed E-state index contributed by atoms with van der Waals surface area (Å²) in [6, 6.07) is 5.78. The van der Waals surface area contributed by atoms with E-state index in [2.05, 4.69) is 16.5 Å². The lowest BCUT2D eigenvalue weighted by atomic mass is 10.0. The second kappa shape index (κ2) is 4.65. The molecule has 1 aromatic carbocycles. The summed E-state index contributed by atoms with van der Waals surface area (Å²) in [5.41, 5.74) is 1.72. The smallest absolute Gasteiger partial charge is 0.128 e. The largest absolute Gasteiger partial charge is 0.379 e. The number of para-hydroxylation sites is 1. The summed E-state index contributed by atoms with van der Waals surface area (Å²) in [7, 11) is 0. The maximum Gasteiger partial charge on any atom is 0.128 e. The number of aromatic nitrogens is 2. The van der Waals surface area contributed by atoms with Crippen LogP contribution in [0.25, 0.3) is 11.0 Å². The third-order valence-corrected chi connectivity index (χ3v) is 4.25. The van der Waals surface area contributed by atoms with Gasteiger partial charge >= 0.3 is 0 Å². The van der Waals surface area contributed by atoms with Crippen LogP contribution in [-0.4, -0.2) is 22.8 Å². The highest BCUT2D eigenvalue weighted by Crippen LogP contribution is 2.37. The van der Waals surface area contributed by atoms with Crippen LogP contribution < -0.4 is 0 Å². The van der Waals surface area contributed by atoms with Crippen LogP contribution in [0.2, 0.25) is 5.02 Å². The van der Waals surface area contributed by atoms with Crippen LogP contribution in [0.4, 0.5) is 0 Å². The van der Waals surface area contributed by atoms with Gasteiger partial charge in [-0.2, -0.15) is 0 Å². The third-order valence-electron chi connectivity index (χ3n) is 3.75. The van der Waals surface area contributed by atoms with Crippen molar-refractivity contribution in [3.8, 4) is 0 Å². The van der Waals surface area contributed by atoms with Gasteiger partial charge < -0.3 is 9.30 Å². The molecule has 1 aliphatic heterocycles. The van der Waals surface area contributed by atoms with Crippen molar-refractivity contribution in [1.29, 1.82) is 0 Å². The van der Waals surface area contributed by atoms with Gasteiger partial charge in [0.15, 0.2) is 0 Å². The minimum atomic E-state index is -0.166. The molecule has 1 aromatic heterocycles. The fourth-order valence-electron chi connectivity index (χ4n) is 2.75. The summed E-state index contributed by atoms with van der Waals surface area (Å²) in [6.45, 7) is 5.54. The molecule has 102 valence electrons. The van der Waals surface area contributed by atoms with Gasteiger partial charge in [0.2, 0.25) is 0 Å². The SMILES string of the molecule is CC(Cl)c1nc2cccc(Cl)c2n1C1(C)CCOC1. The molecule has 2 aromatic rings. The average molecular weight is 299 g/mol. The van der Waals surface area contributed by atoms with E-state index in [1.807, 2.05) is 25.1 Å². The van der Waals surface area contributed by atoms with E-state index in [0.29, 0.717) is 11.6 Å². The molecule has 2 heterocycles. The van der Waals surface area contributed by atoms with Crippen LogP contribution >= 0.6 is 23.2 Å². The number of benzene rings is 1. The molecule has 0 amide bonds. The Hall–Kier alpha value is -0.770. The van der Waals surface area contributed by atoms with E-state index in [1.54, 1.807) is 0 Å². The fourth-order valence-corrected chi connectivity index (χ4v) is 3.15. The van der Waals surface area contributed by atoms with Crippen molar-refractivity contribution in [2.24, 2.45) is 0 Å². The summed E-state index contributed by atoms with van der Waals surface area (Å²) in [5, 5.41) is 0.544. The van der Waals surface area contributed by atoms with Crippen LogP contribution in [0, 0.1) is 0 Å². The first-order valence-corrected chi connectivity index (χ1v) is 7.23. The van der Waals surface area contributed by atoms with Crippen molar-refractivity contribution in [1.82, 2.24) is 9.55 Å². The predicted octanol–water partition coefficient (Wildman–Crippen LogP) is 4.13. The Labute approximate surface area is 122 Å². The fraction of sp³-hybridized carbons (Fsp3) is 0.500. The maximum atomic E-state index is 6.38. The lowest BCUT2D eigenvalue weighted by molar-refractivity contribution is 0.162. The van der Waals surface area contributed by atoms with Gasteiger partial charge in [0.25, 0.3) is 0 Å². The van der Waals surface area contributed by atoms with Gasteiger partial charge in [0, 0.05) is 6.61 Å². The van der Waals surface area contributed by atoms with E-state index in [-0.39, 0.29) is 10.9 Å². The zero-order valence-electron chi connectivity index (χ0n) is 11.0. The summed E-state index contributed by atoms with van der Waals surface area (Å²) >= 11 is 12.7. The Balaban J connectivity index is 2.33. The van der Waals surface area contributed by atoms with E-state index in [1.165, 1.54) is 0 Å². The Bertz CT molecular complexity index is 615. The first-order chi connectivity index (χ1) is 9.03. The van der Waals surface area contributed by atoms with Crippen molar-refractivity contribution in [2.45, 2.75) is 31.2 Å². The Kier molecular flexibility index (Phi) is 3.24. The molecule has 1 aliphatic rings. The van der Waals surface area contributed by atoms with Gasteiger partial charge in [0.1, 0.15) is 5.82 Å². The highest BCUT2D eigenvalue weighted by molar-refractivity contribution is 6.35. The third kappa shape index (κ3) is 2.04. The first-order valence-electron chi connectivity index (χ1n) is 6.42. The number of fused-ring (bicyclic) bond motifs is 1. The van der Waals surface area contributed by atoms with Gasteiger partial charge in [-0.3, -0.25) is 0 Å². The molecule has 2 unspecified atom stereocenters. The van der Waals surface area contributed by atoms with Gasteiger partial charge in [-0.05, 0) is 32.4 Å². The Morgan fingerprint density at radius 3 is 2.89 bits per heavy atom. The molecule has 2 atom stereocenters. The Morgan fingerprint density at radius 2 is 2.26 bits per heavy atom. The van der Waals surface area contributed by atoms with Crippen molar-refractivity contribution >= 4 is 34.2 Å². The number of imidazole rings is 1. The average Bonchev–Trinajstić information content (AvgIpc) is 2.94. The minimum absolute atomic E-state index is 0.127. The van der Waals surface area contributed by atoms with Crippen LogP contribution in [-0.2, 0) is 10.3 Å². The van der Waals surface area contributed by atoms with E-state index in [4.69, 9.17) is 27.9 Å². The molecule has 0 radical (unpaired) electrons. The second-order valence-electron chi connectivity index (χ2n) is 5.33. The molecule has 19 heavy (non-hydrogen) atoms. The van der Waals surface area contributed by atoms with E-state index >= 15 is 0 Å². The quantitative estimate of drug-likeness (QED) is 0.780. The molecule has 3 nitrogen and oxygen atoms in total. The lowest BCUT2D eigenvalue weighted by Gasteiger charge is -2.28. The summed E-state index contributed by atoms with van der Waals surface area (Å²) < 4.78 is 7.75. The maximum absolute atomic E-state index is 6.38. The Morgan fingerprint density at radius 1 is 1.47 bits per heavy atom. The number of alkyl halides is 1. The number of halogens is 2. The standard InChI is InChI=1S/C14H16Cl2N2O/c1-9(15)13-17-11-5-3-4-10(16)12(11)18(13)14(2)6-7-19-8-14/h3-5,9H,6-8H2,1-2H3. The number of hydrogen-bond acceptors (Lipinski definition) is 2. The molecule has 0 spiro atoms. The van der Waals surface area contributed by atoms with Crippen LogP contribution in [0.3, 0.4) is 0 Å². The first kappa shape index (κ1) is 13.2. The van der Waals surface area contributed by atoms with Gasteiger partial charge in [-0.1, -0.05) is 17.7 Å². The molecule has 0 bridgehead atoms. The molecule has 1 saturated heterocycles. The molecular formula is C14H16Cl2N2O. The number of hydrogen-bond donors (Lipinski definition) is 0. The number of nitrogens with zero attached hydrogens (tertiary/aromatic N) is 2. The highest BCUT2D eigenvalue weighted by Gasteiger charge is 2.36. The summed E-state index contributed by atoms with van der Waals surface area (Å²) in [4.78, 5) is 4.65. The predicted molar refractivity (Wildman–Crippen MR) is 78.1 cm³/mol. The van der Waals surface area contributed by atoms with E-state index in [9.17, 15) is 0 Å². The number of ether oxygens (including phenoxy) is 1. The van der Waals surface area contributed by atoms with E-state index in [0.717, 1.165) is 29.9 Å². The van der Waals surface area contributed by atoms with Crippen molar-refractivity contribution < 1.29 is 4.74 Å². The normalized spacial score (nSPS) is 25.1.